The monoisotopic (exact) mass is 137 g/mol. The minimum absolute atomic E-state index is 0.287. The maximum atomic E-state index is 9.93. The Morgan fingerprint density at radius 3 is 2.25 bits per heavy atom. The minimum atomic E-state index is -0.555. The zero-order valence-electron chi connectivity index (χ0n) is 4.34. The molecule has 0 amide bonds. The van der Waals surface area contributed by atoms with Gasteiger partial charge in [-0.1, -0.05) is 0 Å². The number of halogens is 1. The standard InChI is InChI=1S/C4H6ClO3/c1-3(6)8-2-4(5)7/h5H,2H2,1H3/q+1. The van der Waals surface area contributed by atoms with E-state index in [4.69, 9.17) is 0 Å². The molecule has 3 nitrogen and oxygen atoms in total. The first kappa shape index (κ1) is 7.43. The van der Waals surface area contributed by atoms with Gasteiger partial charge in [-0.25, -0.2) is 4.79 Å². The third kappa shape index (κ3) is 5.43. The Labute approximate surface area is 51.6 Å². The fraction of sp³-hybridized carbons (Fsp3) is 0.500. The van der Waals surface area contributed by atoms with Gasteiger partial charge in [-0.2, -0.15) is 0 Å². The molecule has 0 aliphatic rings. The van der Waals surface area contributed by atoms with Gasteiger partial charge in [0, 0.05) is 6.92 Å². The minimum Gasteiger partial charge on any atom is -0.452 e. The second-order valence-corrected chi connectivity index (χ2v) is 1.61. The molecule has 0 aliphatic heterocycles. The first-order valence-electron chi connectivity index (χ1n) is 1.96. The Hall–Kier alpha value is -0.570. The molecule has 0 saturated carbocycles. The van der Waals surface area contributed by atoms with Crippen molar-refractivity contribution in [2.45, 2.75) is 6.92 Å². The summed E-state index contributed by atoms with van der Waals surface area (Å²) in [6.45, 7) is 0.933. The topological polar surface area (TPSA) is 43.4 Å². The number of hydrogen-bond donors (Lipinski definition) is 0. The number of ether oxygens (including phenoxy) is 1. The number of carbonyl (C=O) groups is 2. The molecular formula is C4H6ClO3+. The quantitative estimate of drug-likeness (QED) is 0.376. The second kappa shape index (κ2) is 3.43. The van der Waals surface area contributed by atoms with Crippen LogP contribution in [-0.4, -0.2) is 17.8 Å². The highest BCUT2D eigenvalue weighted by Gasteiger charge is 2.05. The van der Waals surface area contributed by atoms with E-state index in [9.17, 15) is 9.59 Å². The van der Waals surface area contributed by atoms with Gasteiger partial charge in [-0.3, -0.25) is 4.79 Å². The lowest BCUT2D eigenvalue weighted by molar-refractivity contribution is -0.308. The summed E-state index contributed by atoms with van der Waals surface area (Å²) in [6, 6.07) is 0. The Morgan fingerprint density at radius 2 is 2.12 bits per heavy atom. The molecule has 0 radical (unpaired) electrons. The van der Waals surface area contributed by atoms with E-state index in [0.717, 1.165) is 0 Å². The van der Waals surface area contributed by atoms with E-state index in [2.05, 4.69) is 16.3 Å². The molecular weight excluding hydrogens is 131 g/mol. The van der Waals surface area contributed by atoms with Crippen LogP contribution in [-0.2, 0) is 14.3 Å². The van der Waals surface area contributed by atoms with Gasteiger partial charge in [0.25, 0.3) is 0 Å². The van der Waals surface area contributed by atoms with Gasteiger partial charge in [-0.05, 0) is 0 Å². The van der Waals surface area contributed by atoms with Crippen LogP contribution in [0.4, 0.5) is 0 Å². The van der Waals surface area contributed by atoms with Crippen LogP contribution >= 0.6 is 0 Å². The molecule has 0 N–H and O–H groups in total. The lowest BCUT2D eigenvalue weighted by atomic mass is 10.7. The van der Waals surface area contributed by atoms with E-state index in [-0.39, 0.29) is 6.61 Å². The highest BCUT2D eigenvalue weighted by molar-refractivity contribution is 5.72. The summed E-state index contributed by atoms with van der Waals surface area (Å²) in [5, 5.41) is -0.555. The van der Waals surface area contributed by atoms with Crippen molar-refractivity contribution in [1.29, 1.82) is 0 Å². The number of rotatable bonds is 2. The SMILES string of the molecule is CC(=O)OCC(=O)[ClH+]. The lowest BCUT2D eigenvalue weighted by Crippen LogP contribution is -2.07. The summed E-state index contributed by atoms with van der Waals surface area (Å²) in [5.41, 5.74) is 0. The van der Waals surface area contributed by atoms with Crippen LogP contribution in [0.5, 0.6) is 0 Å². The molecule has 0 aromatic rings. The molecule has 0 aromatic carbocycles. The van der Waals surface area contributed by atoms with Crippen LogP contribution in [0.15, 0.2) is 0 Å². The van der Waals surface area contributed by atoms with Crippen molar-refractivity contribution in [3.05, 3.63) is 0 Å². The smallest absolute Gasteiger partial charge is 0.436 e. The molecule has 4 heteroatoms. The third-order valence-electron chi connectivity index (χ3n) is 0.393. The fourth-order valence-corrected chi connectivity index (χ4v) is 0.219. The van der Waals surface area contributed by atoms with E-state index in [1.165, 1.54) is 6.92 Å². The predicted molar refractivity (Wildman–Crippen MR) is 23.0 cm³/mol. The molecule has 46 valence electrons. The molecule has 0 heterocycles. The van der Waals surface area contributed by atoms with Crippen LogP contribution in [0.2, 0.25) is 0 Å². The lowest BCUT2D eigenvalue weighted by Gasteiger charge is -1.88. The van der Waals surface area contributed by atoms with Crippen molar-refractivity contribution in [3.8, 4) is 0 Å². The highest BCUT2D eigenvalue weighted by atomic mass is 35.5. The summed E-state index contributed by atoms with van der Waals surface area (Å²) in [4.78, 5) is 19.8. The molecule has 0 spiro atoms. The van der Waals surface area contributed by atoms with Crippen LogP contribution in [0, 0.1) is 11.6 Å². The van der Waals surface area contributed by atoms with Gasteiger partial charge in [0.05, 0.1) is 0 Å². The summed E-state index contributed by atoms with van der Waals surface area (Å²) >= 11 is 4.08. The molecule has 0 saturated heterocycles. The van der Waals surface area contributed by atoms with Gasteiger partial charge >= 0.3 is 11.2 Å². The number of hydrogen-bond acceptors (Lipinski definition) is 3. The Bertz CT molecular complexity index is 95.9. The van der Waals surface area contributed by atoms with Gasteiger partial charge in [0.15, 0.2) is 11.6 Å². The molecule has 0 rings (SSSR count). The number of esters is 1. The molecule has 0 bridgehead atoms. The van der Waals surface area contributed by atoms with Crippen LogP contribution in [0.3, 0.4) is 0 Å². The van der Waals surface area contributed by atoms with Gasteiger partial charge in [0.2, 0.25) is 6.61 Å². The maximum absolute atomic E-state index is 9.93. The van der Waals surface area contributed by atoms with Crippen LogP contribution in [0.25, 0.3) is 0 Å². The van der Waals surface area contributed by atoms with E-state index < -0.39 is 11.2 Å². The summed E-state index contributed by atoms with van der Waals surface area (Å²) in [7, 11) is 0. The Morgan fingerprint density at radius 1 is 1.62 bits per heavy atom. The van der Waals surface area contributed by atoms with E-state index in [0.29, 0.717) is 0 Å². The predicted octanol–water partition coefficient (Wildman–Crippen LogP) is -0.642. The van der Waals surface area contributed by atoms with Crippen molar-refractivity contribution >= 4 is 11.2 Å². The molecule has 0 fully saturated rings. The molecule has 0 atom stereocenters. The average Bonchev–Trinajstić information content (AvgIpc) is 1.61. The van der Waals surface area contributed by atoms with E-state index >= 15 is 0 Å². The van der Waals surface area contributed by atoms with E-state index in [1.54, 1.807) is 0 Å². The largest absolute Gasteiger partial charge is 0.452 e. The Balaban J connectivity index is 3.18. The van der Waals surface area contributed by atoms with Crippen molar-refractivity contribution in [2.24, 2.45) is 0 Å². The van der Waals surface area contributed by atoms with Gasteiger partial charge < -0.3 is 4.74 Å². The first-order valence-corrected chi connectivity index (χ1v) is 2.37. The molecule has 0 unspecified atom stereocenters. The van der Waals surface area contributed by atoms with Gasteiger partial charge in [-0.15, -0.1) is 0 Å². The van der Waals surface area contributed by atoms with Crippen molar-refractivity contribution in [3.63, 3.8) is 0 Å². The normalized spacial score (nSPS) is 8.25. The zero-order chi connectivity index (χ0) is 6.57. The molecule has 0 aliphatic carbocycles. The fourth-order valence-electron chi connectivity index (χ4n) is 0.161. The molecule has 8 heavy (non-hydrogen) atoms. The first-order chi connectivity index (χ1) is 3.63. The number of carbonyl (C=O) groups excluding carboxylic acids is 2. The zero-order valence-corrected chi connectivity index (χ0v) is 5.16. The third-order valence-corrected chi connectivity index (χ3v) is 0.511. The van der Waals surface area contributed by atoms with E-state index in [1.807, 2.05) is 0 Å². The molecule has 0 aromatic heterocycles. The summed E-state index contributed by atoms with van der Waals surface area (Å²) in [6.07, 6.45) is 0. The van der Waals surface area contributed by atoms with Crippen LogP contribution < -0.4 is 0 Å². The van der Waals surface area contributed by atoms with Gasteiger partial charge in [0.1, 0.15) is 0 Å². The highest BCUT2D eigenvalue weighted by Crippen LogP contribution is 1.74. The average molecular weight is 138 g/mol. The summed E-state index contributed by atoms with van der Waals surface area (Å²) in [5.74, 6) is -0.483. The van der Waals surface area contributed by atoms with Crippen molar-refractivity contribution in [1.82, 2.24) is 0 Å². The second-order valence-electron chi connectivity index (χ2n) is 1.15. The Kier molecular flexibility index (Phi) is 3.19. The van der Waals surface area contributed by atoms with Crippen LogP contribution in [0.1, 0.15) is 6.92 Å². The van der Waals surface area contributed by atoms with Crippen molar-refractivity contribution < 1.29 is 25.9 Å². The summed E-state index contributed by atoms with van der Waals surface area (Å²) < 4.78 is 4.21. The van der Waals surface area contributed by atoms with Crippen molar-refractivity contribution in [2.75, 3.05) is 6.61 Å². The maximum Gasteiger partial charge on any atom is 0.436 e.